The number of aromatic nitrogens is 2. The van der Waals surface area contributed by atoms with Gasteiger partial charge < -0.3 is 10.2 Å². The predicted molar refractivity (Wildman–Crippen MR) is 132 cm³/mol. The lowest BCUT2D eigenvalue weighted by Crippen LogP contribution is -2.48. The lowest BCUT2D eigenvalue weighted by atomic mass is 9.97. The van der Waals surface area contributed by atoms with E-state index in [2.05, 4.69) is 15.3 Å². The highest BCUT2D eigenvalue weighted by Gasteiger charge is 2.48. The molecule has 1 aromatic heterocycles. The first-order chi connectivity index (χ1) is 17.2. The number of nitrogens with one attached hydrogen (secondary N) is 1. The van der Waals surface area contributed by atoms with Crippen LogP contribution in [-0.4, -0.2) is 57.8 Å². The molecule has 1 saturated heterocycles. The Bertz CT molecular complexity index is 1220. The van der Waals surface area contributed by atoms with Crippen molar-refractivity contribution in [3.63, 3.8) is 0 Å². The monoisotopic (exact) mass is 537 g/mol. The predicted octanol–water partition coefficient (Wildman–Crippen LogP) is 5.81. The van der Waals surface area contributed by atoms with Gasteiger partial charge in [-0.05, 0) is 23.3 Å². The molecular weight excluding hydrogens is 514 g/mol. The van der Waals surface area contributed by atoms with Gasteiger partial charge in [0.25, 0.3) is 5.91 Å². The Balaban J connectivity index is 1.35. The molecule has 0 saturated carbocycles. The fraction of sp³-hybridized carbons (Fsp3) is 0.360. The first kappa shape index (κ1) is 24.9. The average Bonchev–Trinajstić information content (AvgIpc) is 3.20. The van der Waals surface area contributed by atoms with Crippen LogP contribution in [0, 0.1) is 0 Å². The first-order valence-corrected chi connectivity index (χ1v) is 12.4. The summed E-state index contributed by atoms with van der Waals surface area (Å²) in [7, 11) is 0. The highest BCUT2D eigenvalue weighted by atomic mass is 35.5. The van der Waals surface area contributed by atoms with Crippen molar-refractivity contribution < 1.29 is 18.0 Å². The second-order valence-corrected chi connectivity index (χ2v) is 9.87. The number of piperazine rings is 1. The van der Waals surface area contributed by atoms with Crippen LogP contribution in [0.5, 0.6) is 0 Å². The summed E-state index contributed by atoms with van der Waals surface area (Å²) in [5.74, 6) is -0.469. The fourth-order valence-electron chi connectivity index (χ4n) is 4.74. The van der Waals surface area contributed by atoms with Crippen LogP contribution in [0.25, 0.3) is 0 Å². The molecule has 0 radical (unpaired) electrons. The van der Waals surface area contributed by atoms with Gasteiger partial charge in [0, 0.05) is 44.2 Å². The van der Waals surface area contributed by atoms with Crippen LogP contribution in [0.15, 0.2) is 54.6 Å². The minimum absolute atomic E-state index is 0.00347. The Morgan fingerprint density at radius 2 is 1.67 bits per heavy atom. The summed E-state index contributed by atoms with van der Waals surface area (Å²) >= 11 is 12.4. The summed E-state index contributed by atoms with van der Waals surface area (Å²) in [6.07, 6.45) is -4.86. The minimum Gasteiger partial charge on any atom is -0.362 e. The number of fused-ring (bicyclic) bond motifs is 1. The van der Waals surface area contributed by atoms with Gasteiger partial charge in [0.2, 0.25) is 0 Å². The van der Waals surface area contributed by atoms with Crippen LogP contribution in [0.1, 0.15) is 40.1 Å². The topological polar surface area (TPSA) is 53.4 Å². The average molecular weight is 538 g/mol. The summed E-state index contributed by atoms with van der Waals surface area (Å²) in [5.41, 5.74) is 1.66. The first-order valence-electron chi connectivity index (χ1n) is 11.6. The van der Waals surface area contributed by atoms with Crippen LogP contribution in [0.3, 0.4) is 0 Å². The van der Waals surface area contributed by atoms with Crippen molar-refractivity contribution >= 4 is 34.9 Å². The fourth-order valence-corrected chi connectivity index (χ4v) is 5.13. The van der Waals surface area contributed by atoms with Crippen molar-refractivity contribution in [2.24, 2.45) is 0 Å². The van der Waals surface area contributed by atoms with Crippen LogP contribution < -0.4 is 5.32 Å². The van der Waals surface area contributed by atoms with Gasteiger partial charge in [-0.1, -0.05) is 65.7 Å². The SMILES string of the molecule is O=C(c1nn2c(c1Cl)NC(c1ccc(Cl)cc1)CC2C(F)(F)F)N1CCN(Cc2ccccc2)CC1. The van der Waals surface area contributed by atoms with Gasteiger partial charge in [0.05, 0.1) is 6.04 Å². The second kappa shape index (κ2) is 9.95. The molecule has 0 aliphatic carbocycles. The van der Waals surface area contributed by atoms with Crippen LogP contribution in [-0.2, 0) is 6.54 Å². The van der Waals surface area contributed by atoms with Gasteiger partial charge >= 0.3 is 6.18 Å². The molecule has 11 heteroatoms. The van der Waals surface area contributed by atoms with Gasteiger partial charge in [-0.15, -0.1) is 0 Å². The molecule has 3 aromatic rings. The van der Waals surface area contributed by atoms with Crippen molar-refractivity contribution in [2.75, 3.05) is 31.5 Å². The summed E-state index contributed by atoms with van der Waals surface area (Å²) < 4.78 is 42.9. The van der Waals surface area contributed by atoms with E-state index in [0.29, 0.717) is 36.8 Å². The zero-order valence-corrected chi connectivity index (χ0v) is 20.7. The van der Waals surface area contributed by atoms with Gasteiger partial charge in [-0.3, -0.25) is 9.69 Å². The Morgan fingerprint density at radius 3 is 2.31 bits per heavy atom. The van der Waals surface area contributed by atoms with E-state index in [1.54, 1.807) is 29.2 Å². The van der Waals surface area contributed by atoms with E-state index in [0.717, 1.165) is 11.2 Å². The van der Waals surface area contributed by atoms with Gasteiger partial charge in [0.15, 0.2) is 11.7 Å². The smallest absolute Gasteiger partial charge is 0.362 e. The molecule has 6 nitrogen and oxygen atoms in total. The largest absolute Gasteiger partial charge is 0.410 e. The Morgan fingerprint density at radius 1 is 1.00 bits per heavy atom. The highest BCUT2D eigenvalue weighted by Crippen LogP contribution is 2.46. The number of hydrogen-bond acceptors (Lipinski definition) is 4. The van der Waals surface area contributed by atoms with Crippen molar-refractivity contribution in [3.05, 3.63) is 81.5 Å². The second-order valence-electron chi connectivity index (χ2n) is 9.05. The molecule has 2 unspecified atom stereocenters. The van der Waals surface area contributed by atoms with Crippen molar-refractivity contribution in [2.45, 2.75) is 31.2 Å². The summed E-state index contributed by atoms with van der Waals surface area (Å²) in [5, 5.41) is 7.53. The number of halogens is 5. The maximum Gasteiger partial charge on any atom is 0.410 e. The zero-order chi connectivity index (χ0) is 25.4. The van der Waals surface area contributed by atoms with Crippen molar-refractivity contribution in [3.8, 4) is 0 Å². The van der Waals surface area contributed by atoms with Gasteiger partial charge in [-0.25, -0.2) is 4.68 Å². The van der Waals surface area contributed by atoms with Crippen LogP contribution in [0.2, 0.25) is 10.0 Å². The van der Waals surface area contributed by atoms with E-state index in [4.69, 9.17) is 23.2 Å². The van der Waals surface area contributed by atoms with Crippen molar-refractivity contribution in [1.82, 2.24) is 19.6 Å². The van der Waals surface area contributed by atoms with Gasteiger partial charge in [0.1, 0.15) is 10.8 Å². The number of carbonyl (C=O) groups excluding carboxylic acids is 1. The molecule has 2 atom stereocenters. The summed E-state index contributed by atoms with van der Waals surface area (Å²) in [4.78, 5) is 17.1. The Hall–Kier alpha value is -2.75. The number of hydrogen-bond donors (Lipinski definition) is 1. The molecule has 36 heavy (non-hydrogen) atoms. The molecule has 2 aliphatic rings. The third kappa shape index (κ3) is 5.05. The quantitative estimate of drug-likeness (QED) is 0.456. The van der Waals surface area contributed by atoms with Gasteiger partial charge in [-0.2, -0.15) is 18.3 Å². The van der Waals surface area contributed by atoms with E-state index in [-0.39, 0.29) is 23.0 Å². The lowest BCUT2D eigenvalue weighted by molar-refractivity contribution is -0.173. The minimum atomic E-state index is -4.57. The number of amides is 1. The molecular formula is C25H24Cl2F3N5O. The number of nitrogens with zero attached hydrogens (tertiary/aromatic N) is 4. The summed E-state index contributed by atoms with van der Waals surface area (Å²) in [6.45, 7) is 2.94. The number of benzene rings is 2. The van der Waals surface area contributed by atoms with E-state index in [1.807, 2.05) is 30.3 Å². The normalized spacial score (nSPS) is 20.6. The van der Waals surface area contributed by atoms with E-state index >= 15 is 0 Å². The molecule has 0 bridgehead atoms. The Kier molecular flexibility index (Phi) is 6.89. The zero-order valence-electron chi connectivity index (χ0n) is 19.2. The highest BCUT2D eigenvalue weighted by molar-refractivity contribution is 6.36. The maximum absolute atomic E-state index is 14.0. The number of rotatable bonds is 4. The third-order valence-corrected chi connectivity index (χ3v) is 7.29. The molecule has 190 valence electrons. The molecule has 1 N–H and O–H groups in total. The molecule has 1 amide bonds. The molecule has 1 fully saturated rings. The lowest BCUT2D eigenvalue weighted by Gasteiger charge is -2.34. The summed E-state index contributed by atoms with van der Waals surface area (Å²) in [6, 6.07) is 14.0. The van der Waals surface area contributed by atoms with E-state index in [9.17, 15) is 18.0 Å². The third-order valence-electron chi connectivity index (χ3n) is 6.68. The van der Waals surface area contributed by atoms with Crippen LogP contribution >= 0.6 is 23.2 Å². The molecule has 2 aromatic carbocycles. The molecule has 3 heterocycles. The number of carbonyl (C=O) groups is 1. The van der Waals surface area contributed by atoms with Crippen molar-refractivity contribution in [1.29, 1.82) is 0 Å². The number of alkyl halides is 3. The van der Waals surface area contributed by atoms with E-state index < -0.39 is 24.2 Å². The molecule has 0 spiro atoms. The number of anilines is 1. The Labute approximate surface area is 216 Å². The molecule has 5 rings (SSSR count). The standard InChI is InChI=1S/C25H24Cl2F3N5O/c26-18-8-6-17(7-9-18)19-14-20(25(28,29)30)35-23(31-19)21(27)22(32-35)24(36)34-12-10-33(11-13-34)15-16-4-2-1-3-5-16/h1-9,19-20,31H,10-15H2. The molecule has 2 aliphatic heterocycles. The van der Waals surface area contributed by atoms with E-state index in [1.165, 1.54) is 5.56 Å². The van der Waals surface area contributed by atoms with Crippen LogP contribution in [0.4, 0.5) is 19.0 Å². The maximum atomic E-state index is 14.0.